The Morgan fingerprint density at radius 3 is 2.82 bits per heavy atom. The molecule has 0 bridgehead atoms. The Morgan fingerprint density at radius 1 is 1.41 bits per heavy atom. The van der Waals surface area contributed by atoms with E-state index >= 15 is 0 Å². The van der Waals surface area contributed by atoms with E-state index in [2.05, 4.69) is 4.98 Å². The molecule has 6 nitrogen and oxygen atoms in total. The van der Waals surface area contributed by atoms with Crippen LogP contribution in [-0.4, -0.2) is 30.4 Å². The van der Waals surface area contributed by atoms with Gasteiger partial charge in [0.05, 0.1) is 11.0 Å². The fourth-order valence-corrected chi connectivity index (χ4v) is 2.78. The van der Waals surface area contributed by atoms with Crippen molar-refractivity contribution < 1.29 is 19.0 Å². The third kappa shape index (κ3) is 3.75. The first kappa shape index (κ1) is 14.8. The highest BCUT2D eigenvalue weighted by molar-refractivity contribution is 7.15. The Labute approximate surface area is 131 Å². The van der Waals surface area contributed by atoms with Crippen LogP contribution in [0.2, 0.25) is 0 Å². The van der Waals surface area contributed by atoms with Crippen LogP contribution in [-0.2, 0) is 16.1 Å². The van der Waals surface area contributed by atoms with Gasteiger partial charge in [-0.05, 0) is 24.3 Å². The molecule has 1 aliphatic heterocycles. The van der Waals surface area contributed by atoms with Gasteiger partial charge in [0.1, 0.15) is 24.0 Å². The summed E-state index contributed by atoms with van der Waals surface area (Å²) in [6.45, 7) is 1.57. The minimum Gasteiger partial charge on any atom is -0.491 e. The van der Waals surface area contributed by atoms with Gasteiger partial charge >= 0.3 is 6.09 Å². The van der Waals surface area contributed by atoms with Crippen molar-refractivity contribution in [3.05, 3.63) is 35.3 Å². The van der Waals surface area contributed by atoms with E-state index in [4.69, 9.17) is 19.9 Å². The average molecular weight is 320 g/mol. The van der Waals surface area contributed by atoms with E-state index in [1.54, 1.807) is 6.20 Å². The molecule has 0 aliphatic carbocycles. The number of thiazole rings is 1. The van der Waals surface area contributed by atoms with Crippen LogP contribution < -0.4 is 10.5 Å². The van der Waals surface area contributed by atoms with Crippen LogP contribution in [0, 0.1) is 0 Å². The predicted molar refractivity (Wildman–Crippen MR) is 81.8 cm³/mol. The van der Waals surface area contributed by atoms with Gasteiger partial charge in [0.15, 0.2) is 0 Å². The third-order valence-corrected chi connectivity index (χ3v) is 4.26. The second-order valence-corrected chi connectivity index (χ2v) is 5.97. The lowest BCUT2D eigenvalue weighted by Crippen LogP contribution is -2.32. The quantitative estimate of drug-likeness (QED) is 0.884. The molecular formula is C15H16N2O4S. The van der Waals surface area contributed by atoms with E-state index < -0.39 is 6.09 Å². The lowest BCUT2D eigenvalue weighted by atomic mass is 10.2. The number of rotatable bonds is 6. The van der Waals surface area contributed by atoms with Gasteiger partial charge < -0.3 is 19.9 Å². The maximum Gasteiger partial charge on any atom is 0.404 e. The fraction of sp³-hybridized carbons (Fsp3) is 0.333. The van der Waals surface area contributed by atoms with Gasteiger partial charge in [0.25, 0.3) is 0 Å². The number of hydrogen-bond acceptors (Lipinski definition) is 6. The normalized spacial score (nSPS) is 16.8. The van der Waals surface area contributed by atoms with Crippen LogP contribution in [0.4, 0.5) is 4.79 Å². The minimum atomic E-state index is -0.785. The van der Waals surface area contributed by atoms with Crippen LogP contribution in [0.3, 0.4) is 0 Å². The van der Waals surface area contributed by atoms with Crippen LogP contribution in [0.5, 0.6) is 5.75 Å². The summed E-state index contributed by atoms with van der Waals surface area (Å²) in [6, 6.07) is 7.73. The number of aromatic nitrogens is 1. The van der Waals surface area contributed by atoms with Crippen molar-refractivity contribution in [1.29, 1.82) is 0 Å². The zero-order valence-corrected chi connectivity index (χ0v) is 12.7. The smallest absolute Gasteiger partial charge is 0.404 e. The summed E-state index contributed by atoms with van der Waals surface area (Å²) < 4.78 is 15.7. The summed E-state index contributed by atoms with van der Waals surface area (Å²) in [5, 5.41) is 0.858. The standard InChI is InChI=1S/C15H16N2O4S/c16-15(18)21-9-13-7-17-14(22-13)10-1-3-11(4-2-10)20-8-12-5-6-19-12/h1-4,7,12H,5-6,8-9H2,(H2,16,18). The van der Waals surface area contributed by atoms with Crippen molar-refractivity contribution in [2.24, 2.45) is 5.73 Å². The zero-order chi connectivity index (χ0) is 15.4. The number of amides is 1. The molecule has 1 aromatic heterocycles. The molecule has 1 atom stereocenters. The molecule has 1 aliphatic rings. The van der Waals surface area contributed by atoms with Crippen molar-refractivity contribution in [3.8, 4) is 16.3 Å². The van der Waals surface area contributed by atoms with Crippen LogP contribution >= 0.6 is 11.3 Å². The highest BCUT2D eigenvalue weighted by atomic mass is 32.1. The molecule has 1 amide bonds. The molecular weight excluding hydrogens is 304 g/mol. The van der Waals surface area contributed by atoms with Crippen molar-refractivity contribution in [1.82, 2.24) is 4.98 Å². The van der Waals surface area contributed by atoms with Crippen molar-refractivity contribution in [2.75, 3.05) is 13.2 Å². The van der Waals surface area contributed by atoms with Crippen molar-refractivity contribution >= 4 is 17.4 Å². The van der Waals surface area contributed by atoms with Gasteiger partial charge in [-0.15, -0.1) is 11.3 Å². The molecule has 1 aromatic carbocycles. The van der Waals surface area contributed by atoms with E-state index in [1.165, 1.54) is 11.3 Å². The molecule has 1 saturated heterocycles. The first-order valence-corrected chi connectivity index (χ1v) is 7.74. The number of carbonyl (C=O) groups is 1. The largest absolute Gasteiger partial charge is 0.491 e. The van der Waals surface area contributed by atoms with Crippen LogP contribution in [0.15, 0.2) is 30.5 Å². The van der Waals surface area contributed by atoms with Crippen LogP contribution in [0.25, 0.3) is 10.6 Å². The minimum absolute atomic E-state index is 0.148. The fourth-order valence-electron chi connectivity index (χ4n) is 1.95. The van der Waals surface area contributed by atoms with Gasteiger partial charge in [0.2, 0.25) is 0 Å². The lowest BCUT2D eigenvalue weighted by molar-refractivity contribution is -0.0720. The number of hydrogen-bond donors (Lipinski definition) is 1. The topological polar surface area (TPSA) is 83.7 Å². The second kappa shape index (κ2) is 6.76. The number of primary amides is 1. The highest BCUT2D eigenvalue weighted by Crippen LogP contribution is 2.27. The predicted octanol–water partition coefficient (Wildman–Crippen LogP) is 2.57. The second-order valence-electron chi connectivity index (χ2n) is 4.86. The highest BCUT2D eigenvalue weighted by Gasteiger charge is 2.18. The zero-order valence-electron chi connectivity index (χ0n) is 11.9. The van der Waals surface area contributed by atoms with E-state index in [-0.39, 0.29) is 12.7 Å². The van der Waals surface area contributed by atoms with Gasteiger partial charge in [-0.3, -0.25) is 0 Å². The monoisotopic (exact) mass is 320 g/mol. The molecule has 2 aromatic rings. The summed E-state index contributed by atoms with van der Waals surface area (Å²) in [6.07, 6.45) is 2.19. The Bertz CT molecular complexity index is 637. The third-order valence-electron chi connectivity index (χ3n) is 3.24. The maximum absolute atomic E-state index is 10.6. The van der Waals surface area contributed by atoms with E-state index in [1.807, 2.05) is 24.3 Å². The van der Waals surface area contributed by atoms with Crippen molar-refractivity contribution in [2.45, 2.75) is 19.1 Å². The maximum atomic E-state index is 10.6. The number of nitrogens with zero attached hydrogens (tertiary/aromatic N) is 1. The molecule has 0 radical (unpaired) electrons. The molecule has 0 spiro atoms. The summed E-state index contributed by atoms with van der Waals surface area (Å²) in [5.41, 5.74) is 5.93. The van der Waals surface area contributed by atoms with E-state index in [0.29, 0.717) is 6.61 Å². The first-order valence-electron chi connectivity index (χ1n) is 6.92. The van der Waals surface area contributed by atoms with Gasteiger partial charge in [-0.2, -0.15) is 0 Å². The number of benzene rings is 1. The first-order chi connectivity index (χ1) is 10.7. The number of ether oxygens (including phenoxy) is 3. The molecule has 22 heavy (non-hydrogen) atoms. The molecule has 0 saturated carbocycles. The molecule has 1 fully saturated rings. The summed E-state index contributed by atoms with van der Waals surface area (Å²) >= 11 is 1.46. The summed E-state index contributed by atoms with van der Waals surface area (Å²) in [5.74, 6) is 0.813. The van der Waals surface area contributed by atoms with Gasteiger partial charge in [0, 0.05) is 24.8 Å². The molecule has 3 rings (SSSR count). The SMILES string of the molecule is NC(=O)OCc1cnc(-c2ccc(OCC3CCO3)cc2)s1. The summed E-state index contributed by atoms with van der Waals surface area (Å²) in [4.78, 5) is 15.7. The lowest BCUT2D eigenvalue weighted by Gasteiger charge is -2.26. The van der Waals surface area contributed by atoms with E-state index in [0.717, 1.165) is 34.2 Å². The Kier molecular flexibility index (Phi) is 4.55. The van der Waals surface area contributed by atoms with Gasteiger partial charge in [-0.25, -0.2) is 9.78 Å². The van der Waals surface area contributed by atoms with Crippen molar-refractivity contribution in [3.63, 3.8) is 0 Å². The number of nitrogens with two attached hydrogens (primary N) is 1. The molecule has 2 N–H and O–H groups in total. The molecule has 2 heterocycles. The van der Waals surface area contributed by atoms with E-state index in [9.17, 15) is 4.79 Å². The molecule has 116 valence electrons. The average Bonchev–Trinajstić information content (AvgIpc) is 2.93. The Morgan fingerprint density at radius 2 is 2.18 bits per heavy atom. The number of carbonyl (C=O) groups excluding carboxylic acids is 1. The van der Waals surface area contributed by atoms with Crippen LogP contribution in [0.1, 0.15) is 11.3 Å². The Balaban J connectivity index is 1.58. The Hall–Kier alpha value is -2.12. The summed E-state index contributed by atoms with van der Waals surface area (Å²) in [7, 11) is 0. The van der Waals surface area contributed by atoms with Gasteiger partial charge in [-0.1, -0.05) is 0 Å². The molecule has 1 unspecified atom stereocenters. The molecule has 7 heteroatoms.